The molecule has 0 saturated carbocycles. The Bertz CT molecular complexity index is 1990. The van der Waals surface area contributed by atoms with Crippen LogP contribution >= 0.6 is 0 Å². The summed E-state index contributed by atoms with van der Waals surface area (Å²) in [5, 5.41) is 24.2. The van der Waals surface area contributed by atoms with Crippen LogP contribution in [-0.4, -0.2) is 56.2 Å². The standard InChI is InChI=1S/C33H31N7O9/c1-2-46-32-36-28-9-5-8-27(31(41)42)29(28)38(32)18-21-10-14-23(15-11-21)25-6-3-4-7-26(25)30(34)37-39(35)20-47-33(43)49-24-16-12-22(13-17-24)19-48-40(44)45/h3-17H,2,18-20,35H2,1H3,(H2,34,37)(H,41,42). The van der Waals surface area contributed by atoms with E-state index in [1.54, 1.807) is 28.8 Å². The number of ether oxygens (including phenoxy) is 3. The number of nitrogens with zero attached hydrogens (tertiary/aromatic N) is 5. The van der Waals surface area contributed by atoms with Gasteiger partial charge in [-0.3, -0.25) is 4.57 Å². The lowest BCUT2D eigenvalue weighted by atomic mass is 9.98. The van der Waals surface area contributed by atoms with E-state index in [1.807, 2.05) is 43.3 Å². The zero-order valence-electron chi connectivity index (χ0n) is 26.1. The molecule has 1 aromatic heterocycles. The maximum absolute atomic E-state index is 12.1. The van der Waals surface area contributed by atoms with E-state index >= 15 is 0 Å². The third kappa shape index (κ3) is 8.38. The molecule has 0 unspecified atom stereocenters. The van der Waals surface area contributed by atoms with E-state index in [0.717, 1.165) is 21.8 Å². The van der Waals surface area contributed by atoms with Crippen LogP contribution in [0.2, 0.25) is 0 Å². The maximum Gasteiger partial charge on any atom is 0.515 e. The second-order valence-corrected chi connectivity index (χ2v) is 10.3. The highest BCUT2D eigenvalue weighted by molar-refractivity contribution is 6.03. The average Bonchev–Trinajstić information content (AvgIpc) is 3.44. The van der Waals surface area contributed by atoms with Crippen LogP contribution in [0.5, 0.6) is 11.8 Å². The largest absolute Gasteiger partial charge is 0.515 e. The molecule has 49 heavy (non-hydrogen) atoms. The summed E-state index contributed by atoms with van der Waals surface area (Å²) in [6, 6.07) is 26.0. The molecule has 16 nitrogen and oxygen atoms in total. The van der Waals surface area contributed by atoms with E-state index in [1.165, 1.54) is 30.3 Å². The van der Waals surface area contributed by atoms with Gasteiger partial charge in [0.2, 0.25) is 0 Å². The summed E-state index contributed by atoms with van der Waals surface area (Å²) in [5.74, 6) is 5.05. The van der Waals surface area contributed by atoms with Crippen molar-refractivity contribution >= 4 is 29.0 Å². The monoisotopic (exact) mass is 669 g/mol. The number of rotatable bonds is 14. The van der Waals surface area contributed by atoms with Gasteiger partial charge in [0.05, 0.1) is 29.7 Å². The van der Waals surface area contributed by atoms with Crippen LogP contribution in [0.3, 0.4) is 0 Å². The lowest BCUT2D eigenvalue weighted by Gasteiger charge is -2.15. The molecule has 0 amide bonds. The van der Waals surface area contributed by atoms with Gasteiger partial charge in [-0.25, -0.2) is 15.4 Å². The van der Waals surface area contributed by atoms with Crippen molar-refractivity contribution in [3.05, 3.63) is 123 Å². The van der Waals surface area contributed by atoms with Crippen molar-refractivity contribution in [1.29, 1.82) is 0 Å². The minimum atomic E-state index is -1.06. The molecule has 1 heterocycles. The molecular formula is C33H31N7O9. The fraction of sp³-hybridized carbons (Fsp3) is 0.152. The molecule has 0 aliphatic carbocycles. The molecule has 0 fully saturated rings. The van der Waals surface area contributed by atoms with Crippen molar-refractivity contribution in [2.45, 2.75) is 20.1 Å². The maximum atomic E-state index is 12.1. The predicted octanol–water partition coefficient (Wildman–Crippen LogP) is 4.53. The topological polar surface area (TPSA) is 220 Å². The van der Waals surface area contributed by atoms with E-state index in [9.17, 15) is 24.8 Å². The first kappa shape index (κ1) is 33.7. The smallest absolute Gasteiger partial charge is 0.478 e. The molecule has 252 valence electrons. The van der Waals surface area contributed by atoms with Gasteiger partial charge < -0.3 is 29.9 Å². The number of carboxylic acid groups (broad SMARTS) is 1. The first-order valence-corrected chi connectivity index (χ1v) is 14.7. The number of carbonyl (C=O) groups excluding carboxylic acids is 1. The molecule has 0 atom stereocenters. The Morgan fingerprint density at radius 3 is 2.37 bits per heavy atom. The molecular weight excluding hydrogens is 638 g/mol. The molecule has 5 N–H and O–H groups in total. The highest BCUT2D eigenvalue weighted by Gasteiger charge is 2.19. The van der Waals surface area contributed by atoms with E-state index in [-0.39, 0.29) is 23.8 Å². The Balaban J connectivity index is 1.25. The summed E-state index contributed by atoms with van der Waals surface area (Å²) in [6.45, 7) is 1.78. The minimum absolute atomic E-state index is 0.0547. The van der Waals surface area contributed by atoms with Crippen LogP contribution in [0, 0.1) is 10.1 Å². The Hall–Kier alpha value is -6.68. The third-order valence-corrected chi connectivity index (χ3v) is 7.06. The summed E-state index contributed by atoms with van der Waals surface area (Å²) in [5.41, 5.74) is 11.0. The van der Waals surface area contributed by atoms with Crippen molar-refractivity contribution in [3.8, 4) is 22.9 Å². The van der Waals surface area contributed by atoms with Crippen molar-refractivity contribution < 1.29 is 38.8 Å². The molecule has 0 bridgehead atoms. The van der Waals surface area contributed by atoms with Gasteiger partial charge in [0.15, 0.2) is 12.6 Å². The number of nitrogens with two attached hydrogens (primary N) is 2. The van der Waals surface area contributed by atoms with Crippen LogP contribution < -0.4 is 21.1 Å². The lowest BCUT2D eigenvalue weighted by molar-refractivity contribution is -0.763. The van der Waals surface area contributed by atoms with Crippen molar-refractivity contribution in [2.75, 3.05) is 13.3 Å². The number of hydrazine groups is 1. The highest BCUT2D eigenvalue weighted by Crippen LogP contribution is 2.28. The van der Waals surface area contributed by atoms with Crippen molar-refractivity contribution in [2.24, 2.45) is 16.7 Å². The van der Waals surface area contributed by atoms with Gasteiger partial charge in [-0.15, -0.1) is 15.2 Å². The number of carboxylic acids is 1. The first-order chi connectivity index (χ1) is 23.6. The number of para-hydroxylation sites is 1. The van der Waals surface area contributed by atoms with Gasteiger partial charge in [-0.1, -0.05) is 66.7 Å². The number of imidazole rings is 1. The quantitative estimate of drug-likeness (QED) is 0.0217. The van der Waals surface area contributed by atoms with E-state index in [4.69, 9.17) is 25.8 Å². The molecule has 0 spiro atoms. The second kappa shape index (κ2) is 15.3. The van der Waals surface area contributed by atoms with Crippen LogP contribution in [0.4, 0.5) is 4.79 Å². The van der Waals surface area contributed by atoms with Gasteiger partial charge in [0, 0.05) is 5.56 Å². The summed E-state index contributed by atoms with van der Waals surface area (Å²) in [6.07, 6.45) is -1.06. The summed E-state index contributed by atoms with van der Waals surface area (Å²) < 4.78 is 17.6. The minimum Gasteiger partial charge on any atom is -0.478 e. The van der Waals surface area contributed by atoms with Crippen LogP contribution in [0.15, 0.2) is 96.1 Å². The molecule has 5 rings (SSSR count). The SMILES string of the molecule is CCOc1nc2cccc(C(=O)O)c2n1Cc1ccc(-c2ccccc2/C(N)=N/N(N)COC(=O)Oc2ccc(CO[N+](=O)[O-])cc2)cc1. The van der Waals surface area contributed by atoms with E-state index in [2.05, 4.69) is 14.9 Å². The van der Waals surface area contributed by atoms with Crippen LogP contribution in [-0.2, 0) is 22.7 Å². The highest BCUT2D eigenvalue weighted by atomic mass is 16.9. The van der Waals surface area contributed by atoms with Crippen molar-refractivity contribution in [1.82, 2.24) is 14.7 Å². The van der Waals surface area contributed by atoms with E-state index < -0.39 is 23.9 Å². The van der Waals surface area contributed by atoms with Crippen LogP contribution in [0.1, 0.15) is 34.0 Å². The summed E-state index contributed by atoms with van der Waals surface area (Å²) >= 11 is 0. The number of carbonyl (C=O) groups is 2. The predicted molar refractivity (Wildman–Crippen MR) is 176 cm³/mol. The molecule has 5 aromatic rings. The van der Waals surface area contributed by atoms with Crippen molar-refractivity contribution in [3.63, 3.8) is 0 Å². The number of aromatic carboxylic acids is 1. The third-order valence-electron chi connectivity index (χ3n) is 7.06. The number of amidine groups is 1. The number of hydrazone groups is 1. The summed E-state index contributed by atoms with van der Waals surface area (Å²) in [7, 11) is 0. The first-order valence-electron chi connectivity index (χ1n) is 14.7. The van der Waals surface area contributed by atoms with Crippen LogP contribution in [0.25, 0.3) is 22.2 Å². The Kier molecular flexibility index (Phi) is 10.5. The zero-order valence-corrected chi connectivity index (χ0v) is 26.1. The molecule has 0 saturated heterocycles. The van der Waals surface area contributed by atoms with Gasteiger partial charge in [-0.2, -0.15) is 10.1 Å². The zero-order chi connectivity index (χ0) is 34.9. The fourth-order valence-electron chi connectivity index (χ4n) is 4.90. The molecule has 0 aliphatic rings. The lowest BCUT2D eigenvalue weighted by Crippen LogP contribution is -2.33. The molecule has 16 heteroatoms. The second-order valence-electron chi connectivity index (χ2n) is 10.3. The Morgan fingerprint density at radius 2 is 1.67 bits per heavy atom. The Morgan fingerprint density at radius 1 is 0.980 bits per heavy atom. The number of aromatic nitrogens is 2. The average molecular weight is 670 g/mol. The Labute approximate surface area is 278 Å². The molecule has 0 radical (unpaired) electrons. The molecule has 0 aliphatic heterocycles. The molecule has 4 aromatic carbocycles. The number of hydrogen-bond acceptors (Lipinski definition) is 12. The van der Waals surface area contributed by atoms with Gasteiger partial charge in [-0.05, 0) is 53.4 Å². The normalized spacial score (nSPS) is 11.2. The number of benzene rings is 4. The van der Waals surface area contributed by atoms with Gasteiger partial charge >= 0.3 is 12.1 Å². The number of hydrogen-bond donors (Lipinski definition) is 3. The summed E-state index contributed by atoms with van der Waals surface area (Å²) in [4.78, 5) is 43.2. The fourth-order valence-corrected chi connectivity index (χ4v) is 4.90. The van der Waals surface area contributed by atoms with Gasteiger partial charge in [0.25, 0.3) is 11.1 Å². The number of fused-ring (bicyclic) bond motifs is 1. The van der Waals surface area contributed by atoms with E-state index in [0.29, 0.717) is 41.3 Å². The van der Waals surface area contributed by atoms with Gasteiger partial charge in [0.1, 0.15) is 12.4 Å².